The van der Waals surface area contributed by atoms with Crippen molar-refractivity contribution >= 4 is 33.1 Å². The molecule has 0 atom stereocenters. The lowest BCUT2D eigenvalue weighted by atomic mass is 10.1. The Labute approximate surface area is 153 Å². The minimum Gasteiger partial charge on any atom is -0.322 e. The van der Waals surface area contributed by atoms with Gasteiger partial charge in [-0.25, -0.2) is 8.42 Å². The first-order valence-electron chi connectivity index (χ1n) is 8.26. The smallest absolute Gasteiger partial charge is 0.255 e. The third-order valence-corrected chi connectivity index (χ3v) is 5.35. The highest BCUT2D eigenvalue weighted by atomic mass is 32.2. The zero-order chi connectivity index (χ0) is 19.3. The third kappa shape index (κ3) is 4.92. The van der Waals surface area contributed by atoms with Crippen LogP contribution in [0.3, 0.4) is 0 Å². The van der Waals surface area contributed by atoms with Gasteiger partial charge < -0.3 is 5.32 Å². The van der Waals surface area contributed by atoms with Crippen LogP contribution >= 0.6 is 0 Å². The van der Waals surface area contributed by atoms with Gasteiger partial charge in [-0.2, -0.15) is 0 Å². The molecule has 0 bridgehead atoms. The molecule has 0 spiro atoms. The Morgan fingerprint density at radius 2 is 1.54 bits per heavy atom. The molecule has 0 saturated carbocycles. The molecule has 2 aromatic carbocycles. The van der Waals surface area contributed by atoms with E-state index in [1.165, 1.54) is 6.92 Å². The standard InChI is InChI=1S/C19H22N2O4S/c1-4-12-26(24,25)21-18-7-5-6-17(13(18)2)20-19(23)16-10-8-15(9-11-16)14(3)22/h5-11,21H,4,12H2,1-3H3,(H,20,23). The summed E-state index contributed by atoms with van der Waals surface area (Å²) >= 11 is 0. The Kier molecular flexibility index (Phi) is 6.15. The summed E-state index contributed by atoms with van der Waals surface area (Å²) in [7, 11) is -3.41. The van der Waals surface area contributed by atoms with Gasteiger partial charge in [0.2, 0.25) is 10.0 Å². The normalized spacial score (nSPS) is 11.0. The zero-order valence-electron chi connectivity index (χ0n) is 15.0. The fourth-order valence-electron chi connectivity index (χ4n) is 2.42. The van der Waals surface area contributed by atoms with Crippen molar-refractivity contribution in [3.63, 3.8) is 0 Å². The maximum atomic E-state index is 12.4. The van der Waals surface area contributed by atoms with Crippen molar-refractivity contribution in [2.24, 2.45) is 0 Å². The van der Waals surface area contributed by atoms with Gasteiger partial charge in [-0.15, -0.1) is 0 Å². The summed E-state index contributed by atoms with van der Waals surface area (Å²) in [6, 6.07) is 11.4. The van der Waals surface area contributed by atoms with Crippen molar-refractivity contribution < 1.29 is 18.0 Å². The van der Waals surface area contributed by atoms with Gasteiger partial charge in [-0.3, -0.25) is 14.3 Å². The highest BCUT2D eigenvalue weighted by molar-refractivity contribution is 7.92. The first-order valence-corrected chi connectivity index (χ1v) is 9.91. The Hall–Kier alpha value is -2.67. The number of amides is 1. The number of benzene rings is 2. The first kappa shape index (κ1) is 19.7. The van der Waals surface area contributed by atoms with Gasteiger partial charge in [0.1, 0.15) is 0 Å². The number of rotatable bonds is 7. The van der Waals surface area contributed by atoms with E-state index in [1.807, 2.05) is 0 Å². The lowest BCUT2D eigenvalue weighted by Gasteiger charge is -2.14. The average Bonchev–Trinajstić information content (AvgIpc) is 2.58. The summed E-state index contributed by atoms with van der Waals surface area (Å²) in [5.74, 6) is -0.373. The van der Waals surface area contributed by atoms with Gasteiger partial charge in [0.25, 0.3) is 5.91 Å². The summed E-state index contributed by atoms with van der Waals surface area (Å²) in [6.45, 7) is 4.99. The van der Waals surface area contributed by atoms with Gasteiger partial charge >= 0.3 is 0 Å². The first-order chi connectivity index (χ1) is 12.2. The maximum Gasteiger partial charge on any atom is 0.255 e. The summed E-state index contributed by atoms with van der Waals surface area (Å²) in [5.41, 5.74) is 2.52. The van der Waals surface area contributed by atoms with E-state index in [0.29, 0.717) is 34.5 Å². The van der Waals surface area contributed by atoms with Crippen LogP contribution in [-0.2, 0) is 10.0 Å². The second-order valence-corrected chi connectivity index (χ2v) is 7.83. The summed E-state index contributed by atoms with van der Waals surface area (Å²) < 4.78 is 26.5. The predicted molar refractivity (Wildman–Crippen MR) is 103 cm³/mol. The molecular formula is C19H22N2O4S. The lowest BCUT2D eigenvalue weighted by molar-refractivity contribution is 0.100. The lowest BCUT2D eigenvalue weighted by Crippen LogP contribution is -2.18. The SMILES string of the molecule is CCCS(=O)(=O)Nc1cccc(NC(=O)c2ccc(C(C)=O)cc2)c1C. The van der Waals surface area contributed by atoms with E-state index in [2.05, 4.69) is 10.0 Å². The highest BCUT2D eigenvalue weighted by Crippen LogP contribution is 2.25. The molecule has 0 radical (unpaired) electrons. The third-order valence-electron chi connectivity index (χ3n) is 3.87. The monoisotopic (exact) mass is 374 g/mol. The van der Waals surface area contributed by atoms with E-state index in [4.69, 9.17) is 0 Å². The molecular weight excluding hydrogens is 352 g/mol. The molecule has 26 heavy (non-hydrogen) atoms. The molecule has 2 N–H and O–H groups in total. The Balaban J connectivity index is 2.20. The van der Waals surface area contributed by atoms with E-state index in [0.717, 1.165) is 0 Å². The second-order valence-electron chi connectivity index (χ2n) is 5.99. The van der Waals surface area contributed by atoms with E-state index in [9.17, 15) is 18.0 Å². The Morgan fingerprint density at radius 3 is 2.12 bits per heavy atom. The maximum absolute atomic E-state index is 12.4. The Bertz CT molecular complexity index is 919. The van der Waals surface area contributed by atoms with Gasteiger partial charge in [-0.1, -0.05) is 25.1 Å². The number of hydrogen-bond donors (Lipinski definition) is 2. The number of anilines is 2. The van der Waals surface area contributed by atoms with Gasteiger partial charge in [0.15, 0.2) is 5.78 Å². The number of carbonyl (C=O) groups excluding carboxylic acids is 2. The number of nitrogens with one attached hydrogen (secondary N) is 2. The van der Waals surface area contributed by atoms with Crippen LogP contribution in [0.5, 0.6) is 0 Å². The summed E-state index contributed by atoms with van der Waals surface area (Å²) in [5, 5.41) is 2.77. The molecule has 0 aliphatic carbocycles. The minimum atomic E-state index is -3.41. The van der Waals surface area contributed by atoms with Crippen molar-refractivity contribution in [3.05, 3.63) is 59.2 Å². The van der Waals surface area contributed by atoms with Gasteiger partial charge in [0, 0.05) is 16.8 Å². The highest BCUT2D eigenvalue weighted by Gasteiger charge is 2.14. The molecule has 0 saturated heterocycles. The van der Waals surface area contributed by atoms with Crippen LogP contribution in [0.4, 0.5) is 11.4 Å². The number of carbonyl (C=O) groups is 2. The quantitative estimate of drug-likeness (QED) is 0.724. The summed E-state index contributed by atoms with van der Waals surface area (Å²) in [6.07, 6.45) is 0.515. The van der Waals surface area contributed by atoms with E-state index in [1.54, 1.807) is 56.3 Å². The molecule has 7 heteroatoms. The van der Waals surface area contributed by atoms with Gasteiger partial charge in [-0.05, 0) is 50.1 Å². The van der Waals surface area contributed by atoms with Crippen LogP contribution in [0.1, 0.15) is 46.5 Å². The molecule has 138 valence electrons. The second kappa shape index (κ2) is 8.14. The molecule has 0 heterocycles. The largest absolute Gasteiger partial charge is 0.322 e. The summed E-state index contributed by atoms with van der Waals surface area (Å²) in [4.78, 5) is 23.7. The van der Waals surface area contributed by atoms with Crippen molar-refractivity contribution in [2.45, 2.75) is 27.2 Å². The van der Waals surface area contributed by atoms with E-state index < -0.39 is 10.0 Å². The van der Waals surface area contributed by atoms with Crippen LogP contribution in [0.2, 0.25) is 0 Å². The van der Waals surface area contributed by atoms with Crippen LogP contribution in [0.25, 0.3) is 0 Å². The molecule has 6 nitrogen and oxygen atoms in total. The number of Topliss-reactive ketones (excluding diaryl/α,β-unsaturated/α-hetero) is 1. The number of hydrogen-bond acceptors (Lipinski definition) is 4. The topological polar surface area (TPSA) is 92.3 Å². The number of sulfonamides is 1. The van der Waals surface area contributed by atoms with Gasteiger partial charge in [0.05, 0.1) is 11.4 Å². The minimum absolute atomic E-state index is 0.0333. The van der Waals surface area contributed by atoms with E-state index >= 15 is 0 Å². The molecule has 1 amide bonds. The van der Waals surface area contributed by atoms with Crippen molar-refractivity contribution in [1.29, 1.82) is 0 Å². The van der Waals surface area contributed by atoms with Crippen molar-refractivity contribution in [3.8, 4) is 0 Å². The number of ketones is 1. The van der Waals surface area contributed by atoms with Crippen molar-refractivity contribution in [1.82, 2.24) is 0 Å². The average molecular weight is 374 g/mol. The van der Waals surface area contributed by atoms with Crippen molar-refractivity contribution in [2.75, 3.05) is 15.8 Å². The molecule has 0 unspecified atom stereocenters. The molecule has 0 aliphatic heterocycles. The zero-order valence-corrected chi connectivity index (χ0v) is 15.8. The van der Waals surface area contributed by atoms with E-state index in [-0.39, 0.29) is 17.4 Å². The molecule has 0 aromatic heterocycles. The fourth-order valence-corrected chi connectivity index (χ4v) is 3.62. The van der Waals surface area contributed by atoms with Crippen LogP contribution in [0.15, 0.2) is 42.5 Å². The Morgan fingerprint density at radius 1 is 0.962 bits per heavy atom. The van der Waals surface area contributed by atoms with Crippen LogP contribution in [0, 0.1) is 6.92 Å². The van der Waals surface area contributed by atoms with Crippen LogP contribution < -0.4 is 10.0 Å². The molecule has 2 rings (SSSR count). The molecule has 2 aromatic rings. The fraction of sp³-hybridized carbons (Fsp3) is 0.263. The van der Waals surface area contributed by atoms with Crippen LogP contribution in [-0.4, -0.2) is 25.9 Å². The predicted octanol–water partition coefficient (Wildman–Crippen LogP) is 3.60. The molecule has 0 fully saturated rings. The molecule has 0 aliphatic rings.